The van der Waals surface area contributed by atoms with Crippen LogP contribution in [0.3, 0.4) is 0 Å². The fourth-order valence-electron chi connectivity index (χ4n) is 5.34. The zero-order valence-corrected chi connectivity index (χ0v) is 19.0. The molecule has 1 aliphatic carbocycles. The number of aromatic amines is 2. The lowest BCUT2D eigenvalue weighted by atomic mass is 9.82. The molecule has 1 aliphatic rings. The quantitative estimate of drug-likeness (QED) is 0.305. The van der Waals surface area contributed by atoms with Gasteiger partial charge in [-0.2, -0.15) is 0 Å². The summed E-state index contributed by atoms with van der Waals surface area (Å²) in [6.07, 6.45) is 0. The summed E-state index contributed by atoms with van der Waals surface area (Å²) in [6.45, 7) is 4.60. The molecular formula is C29H23N5. The number of H-pyrrole nitrogens is 2. The lowest BCUT2D eigenvalue weighted by Crippen LogP contribution is -2.17. The van der Waals surface area contributed by atoms with E-state index in [1.165, 1.54) is 22.3 Å². The number of hydrogen-bond donors (Lipinski definition) is 2. The van der Waals surface area contributed by atoms with Crippen LogP contribution in [0.25, 0.3) is 33.2 Å². The zero-order valence-electron chi connectivity index (χ0n) is 19.0. The van der Waals surface area contributed by atoms with Crippen LogP contribution in [-0.4, -0.2) is 19.9 Å². The third-order valence-electron chi connectivity index (χ3n) is 7.00. The van der Waals surface area contributed by atoms with Gasteiger partial charge in [0.2, 0.25) is 11.9 Å². The van der Waals surface area contributed by atoms with E-state index in [0.29, 0.717) is 0 Å². The Kier molecular flexibility index (Phi) is 3.83. The molecule has 2 N–H and O–H groups in total. The first-order chi connectivity index (χ1) is 16.6. The minimum atomic E-state index is -0.0879. The van der Waals surface area contributed by atoms with Crippen molar-refractivity contribution in [3.8, 4) is 11.1 Å². The number of benzene rings is 4. The Morgan fingerprint density at radius 2 is 1.18 bits per heavy atom. The smallest absolute Gasteiger partial charge is 0.215 e. The van der Waals surface area contributed by atoms with Gasteiger partial charge in [-0.1, -0.05) is 74.5 Å². The first-order valence-electron chi connectivity index (χ1n) is 11.5. The van der Waals surface area contributed by atoms with E-state index in [4.69, 9.17) is 9.97 Å². The molecule has 4 aromatic carbocycles. The molecule has 0 unspecified atom stereocenters. The Labute approximate surface area is 197 Å². The largest absolute Gasteiger partial charge is 0.323 e. The monoisotopic (exact) mass is 441 g/mol. The number of nitrogens with one attached hydrogen (secondary N) is 2. The summed E-state index contributed by atoms with van der Waals surface area (Å²) in [6, 6.07) is 31.5. The lowest BCUT2D eigenvalue weighted by molar-refractivity contribution is 0.660. The van der Waals surface area contributed by atoms with Gasteiger partial charge in [-0.25, -0.2) is 14.9 Å². The van der Waals surface area contributed by atoms with Crippen LogP contribution in [0.5, 0.6) is 0 Å². The number of para-hydroxylation sites is 4. The number of nitrogens with zero attached hydrogens (tertiary/aromatic N) is 3. The van der Waals surface area contributed by atoms with Crippen LogP contribution in [-0.2, 0) is 5.41 Å². The Morgan fingerprint density at radius 3 is 1.82 bits per heavy atom. The average Bonchev–Trinajstić information content (AvgIpc) is 3.53. The Bertz CT molecular complexity index is 1560. The molecule has 0 atom stereocenters. The first kappa shape index (κ1) is 19.1. The number of anilines is 3. The Hall–Kier alpha value is -4.38. The molecule has 34 heavy (non-hydrogen) atoms. The lowest BCUT2D eigenvalue weighted by Gasteiger charge is -2.24. The molecule has 164 valence electrons. The summed E-state index contributed by atoms with van der Waals surface area (Å²) >= 11 is 0. The molecule has 0 fully saturated rings. The molecule has 6 aromatic rings. The second-order valence-corrected chi connectivity index (χ2v) is 9.36. The van der Waals surface area contributed by atoms with E-state index in [1.807, 2.05) is 36.4 Å². The minimum Gasteiger partial charge on any atom is -0.323 e. The molecule has 0 saturated carbocycles. The SMILES string of the molecule is CC1(C)c2ccccc2-c2c(N(c3nc4ccccc4[nH]3)c3nc4ccccc4[nH]3)cccc21. The highest BCUT2D eigenvalue weighted by Gasteiger charge is 2.38. The number of fused-ring (bicyclic) bond motifs is 5. The van der Waals surface area contributed by atoms with E-state index in [2.05, 4.69) is 83.3 Å². The molecule has 2 heterocycles. The normalized spacial score (nSPS) is 13.8. The van der Waals surface area contributed by atoms with Crippen molar-refractivity contribution < 1.29 is 0 Å². The van der Waals surface area contributed by atoms with Crippen LogP contribution in [0.2, 0.25) is 0 Å². The number of rotatable bonds is 3. The molecule has 0 aliphatic heterocycles. The van der Waals surface area contributed by atoms with Crippen molar-refractivity contribution >= 4 is 39.7 Å². The molecule has 5 nitrogen and oxygen atoms in total. The summed E-state index contributed by atoms with van der Waals surface area (Å²) in [5.74, 6) is 1.46. The molecule has 0 amide bonds. The van der Waals surface area contributed by atoms with E-state index >= 15 is 0 Å². The summed E-state index contributed by atoms with van der Waals surface area (Å²) < 4.78 is 0. The van der Waals surface area contributed by atoms with E-state index in [1.54, 1.807) is 0 Å². The number of imidazole rings is 2. The fourth-order valence-corrected chi connectivity index (χ4v) is 5.34. The van der Waals surface area contributed by atoms with Gasteiger partial charge in [-0.15, -0.1) is 0 Å². The van der Waals surface area contributed by atoms with Crippen LogP contribution in [0.4, 0.5) is 17.6 Å². The van der Waals surface area contributed by atoms with Crippen LogP contribution in [0, 0.1) is 0 Å². The topological polar surface area (TPSA) is 60.6 Å². The van der Waals surface area contributed by atoms with E-state index in [9.17, 15) is 0 Å². The summed E-state index contributed by atoms with van der Waals surface area (Å²) in [7, 11) is 0. The second-order valence-electron chi connectivity index (χ2n) is 9.36. The number of aromatic nitrogens is 4. The maximum atomic E-state index is 4.96. The van der Waals surface area contributed by atoms with E-state index in [-0.39, 0.29) is 5.41 Å². The van der Waals surface area contributed by atoms with Gasteiger partial charge in [0, 0.05) is 11.0 Å². The van der Waals surface area contributed by atoms with Crippen molar-refractivity contribution in [1.82, 2.24) is 19.9 Å². The van der Waals surface area contributed by atoms with Gasteiger partial charge in [-0.05, 0) is 47.0 Å². The van der Waals surface area contributed by atoms with Crippen LogP contribution in [0.1, 0.15) is 25.0 Å². The first-order valence-corrected chi connectivity index (χ1v) is 11.5. The minimum absolute atomic E-state index is 0.0879. The van der Waals surface area contributed by atoms with E-state index in [0.717, 1.165) is 39.7 Å². The third kappa shape index (κ3) is 2.61. The maximum Gasteiger partial charge on any atom is 0.215 e. The highest BCUT2D eigenvalue weighted by molar-refractivity contribution is 5.95. The predicted molar refractivity (Wildman–Crippen MR) is 138 cm³/mol. The molecule has 5 heteroatoms. The van der Waals surface area contributed by atoms with Gasteiger partial charge in [0.1, 0.15) is 0 Å². The summed E-state index contributed by atoms with van der Waals surface area (Å²) in [5, 5.41) is 0. The van der Waals surface area contributed by atoms with Gasteiger partial charge in [0.25, 0.3) is 0 Å². The molecule has 7 rings (SSSR count). The summed E-state index contributed by atoms with van der Waals surface area (Å²) in [5.41, 5.74) is 9.93. The number of hydrogen-bond acceptors (Lipinski definition) is 3. The Morgan fingerprint density at radius 1 is 0.618 bits per heavy atom. The fraction of sp³-hybridized carbons (Fsp3) is 0.103. The van der Waals surface area contributed by atoms with Crippen molar-refractivity contribution in [1.29, 1.82) is 0 Å². The van der Waals surface area contributed by atoms with E-state index < -0.39 is 0 Å². The van der Waals surface area contributed by atoms with Crippen molar-refractivity contribution in [2.24, 2.45) is 0 Å². The second kappa shape index (κ2) is 6.81. The van der Waals surface area contributed by atoms with Crippen molar-refractivity contribution in [2.45, 2.75) is 19.3 Å². The van der Waals surface area contributed by atoms with Gasteiger partial charge in [0.15, 0.2) is 0 Å². The molecule has 0 saturated heterocycles. The average molecular weight is 442 g/mol. The van der Waals surface area contributed by atoms with Crippen molar-refractivity contribution in [3.05, 3.63) is 102 Å². The molecule has 0 radical (unpaired) electrons. The highest BCUT2D eigenvalue weighted by Crippen LogP contribution is 2.53. The van der Waals surface area contributed by atoms with Crippen LogP contribution >= 0.6 is 0 Å². The van der Waals surface area contributed by atoms with Gasteiger partial charge in [-0.3, -0.25) is 0 Å². The van der Waals surface area contributed by atoms with Crippen LogP contribution < -0.4 is 4.90 Å². The molecule has 0 bridgehead atoms. The maximum absolute atomic E-state index is 4.96. The van der Waals surface area contributed by atoms with Gasteiger partial charge in [0.05, 0.1) is 27.8 Å². The Balaban J connectivity index is 1.54. The summed E-state index contributed by atoms with van der Waals surface area (Å²) in [4.78, 5) is 19.1. The predicted octanol–water partition coefficient (Wildman–Crippen LogP) is 7.22. The standard InChI is InChI=1S/C29H23N5/c1-29(2)19-11-4-3-10-18(19)26-20(29)12-9-17-25(26)34(27-30-21-13-5-6-14-22(21)31-27)28-32-23-15-7-8-16-24(23)33-28/h3-17H,1-2H3,(H,30,31)(H,32,33). The molecular weight excluding hydrogens is 418 g/mol. The van der Waals surface area contributed by atoms with Crippen molar-refractivity contribution in [2.75, 3.05) is 4.90 Å². The zero-order chi connectivity index (χ0) is 22.9. The molecule has 0 spiro atoms. The third-order valence-corrected chi connectivity index (χ3v) is 7.00. The van der Waals surface area contributed by atoms with Gasteiger partial charge < -0.3 is 9.97 Å². The van der Waals surface area contributed by atoms with Gasteiger partial charge >= 0.3 is 0 Å². The highest BCUT2D eigenvalue weighted by atomic mass is 15.3. The molecule has 2 aromatic heterocycles. The van der Waals surface area contributed by atoms with Crippen LogP contribution in [0.15, 0.2) is 91.0 Å². The van der Waals surface area contributed by atoms with Crippen molar-refractivity contribution in [3.63, 3.8) is 0 Å².